The molecule has 0 fully saturated rings. The van der Waals surface area contributed by atoms with E-state index in [2.05, 4.69) is 12.2 Å². The van der Waals surface area contributed by atoms with Crippen molar-refractivity contribution < 1.29 is 19.5 Å². The van der Waals surface area contributed by atoms with Gasteiger partial charge in [-0.2, -0.15) is 0 Å². The van der Waals surface area contributed by atoms with Gasteiger partial charge in [0.25, 0.3) is 0 Å². The Bertz CT molecular complexity index is 223. The second-order valence-corrected chi connectivity index (χ2v) is 4.56. The molecule has 0 unspecified atom stereocenters. The number of unbranched alkanes of at least 4 members (excludes halogenated alkanes) is 2. The standard InChI is InChI=1S/C8H18NO4P/c1-2-3-4-6-9-7-5-8(10)14(11,12)13/h5,9-10H,2-4,6-7H2,1H3,(H2,11,12,13). The van der Waals surface area contributed by atoms with E-state index in [1.165, 1.54) is 0 Å². The van der Waals surface area contributed by atoms with Crippen molar-refractivity contribution in [1.82, 2.24) is 5.32 Å². The normalized spacial score (nSPS) is 13.2. The molecule has 0 atom stereocenters. The van der Waals surface area contributed by atoms with Gasteiger partial charge < -0.3 is 20.2 Å². The Morgan fingerprint density at radius 2 is 2.07 bits per heavy atom. The molecule has 0 saturated heterocycles. The van der Waals surface area contributed by atoms with Gasteiger partial charge in [-0.1, -0.05) is 19.8 Å². The predicted molar refractivity (Wildman–Crippen MR) is 55.2 cm³/mol. The molecule has 0 aromatic heterocycles. The predicted octanol–water partition coefficient (Wildman–Crippen LogP) is 1.34. The van der Waals surface area contributed by atoms with Gasteiger partial charge in [0, 0.05) is 6.54 Å². The molecule has 0 aliphatic heterocycles. The molecule has 6 heteroatoms. The van der Waals surface area contributed by atoms with E-state index in [1.54, 1.807) is 0 Å². The van der Waals surface area contributed by atoms with Crippen LogP contribution in [0.2, 0.25) is 0 Å². The molecule has 4 N–H and O–H groups in total. The number of hydrogen-bond acceptors (Lipinski definition) is 3. The quantitative estimate of drug-likeness (QED) is 0.297. The van der Waals surface area contributed by atoms with E-state index >= 15 is 0 Å². The summed E-state index contributed by atoms with van der Waals surface area (Å²) in [4.78, 5) is 17.0. The minimum absolute atomic E-state index is 0.278. The third kappa shape index (κ3) is 7.09. The fourth-order valence-corrected chi connectivity index (χ4v) is 1.21. The molecule has 0 amide bonds. The Hall–Kier alpha value is -0.350. The van der Waals surface area contributed by atoms with Gasteiger partial charge in [0.2, 0.25) is 5.50 Å². The molecular weight excluding hydrogens is 205 g/mol. The average Bonchev–Trinajstić information content (AvgIpc) is 2.09. The summed E-state index contributed by atoms with van der Waals surface area (Å²) in [6, 6.07) is 0. The van der Waals surface area contributed by atoms with Crippen LogP contribution in [0.25, 0.3) is 0 Å². The van der Waals surface area contributed by atoms with Gasteiger partial charge in [0.05, 0.1) is 0 Å². The van der Waals surface area contributed by atoms with Crippen LogP contribution in [0, 0.1) is 0 Å². The summed E-state index contributed by atoms with van der Waals surface area (Å²) in [7, 11) is -4.44. The number of nitrogens with one attached hydrogen (secondary N) is 1. The fourth-order valence-electron chi connectivity index (χ4n) is 0.884. The van der Waals surface area contributed by atoms with Crippen molar-refractivity contribution >= 4 is 7.60 Å². The van der Waals surface area contributed by atoms with Crippen LogP contribution in [-0.4, -0.2) is 28.0 Å². The van der Waals surface area contributed by atoms with E-state index in [0.717, 1.165) is 31.9 Å². The largest absolute Gasteiger partial charge is 0.501 e. The maximum absolute atomic E-state index is 10.4. The van der Waals surface area contributed by atoms with Crippen LogP contribution >= 0.6 is 7.60 Å². The van der Waals surface area contributed by atoms with E-state index in [1.807, 2.05) is 0 Å². The molecule has 14 heavy (non-hydrogen) atoms. The molecule has 5 nitrogen and oxygen atoms in total. The molecule has 0 aliphatic carbocycles. The third-order valence-corrected chi connectivity index (χ3v) is 2.46. The molecule has 0 rings (SSSR count). The Morgan fingerprint density at radius 3 is 2.57 bits per heavy atom. The molecule has 0 radical (unpaired) electrons. The first-order chi connectivity index (χ1) is 6.48. The van der Waals surface area contributed by atoms with Crippen LogP contribution in [0.5, 0.6) is 0 Å². The van der Waals surface area contributed by atoms with Gasteiger partial charge in [0.15, 0.2) is 0 Å². The second-order valence-electron chi connectivity index (χ2n) is 3.02. The van der Waals surface area contributed by atoms with Crippen molar-refractivity contribution in [3.05, 3.63) is 11.6 Å². The topological polar surface area (TPSA) is 89.8 Å². The Balaban J connectivity index is 3.57. The van der Waals surface area contributed by atoms with Gasteiger partial charge in [0.1, 0.15) is 0 Å². The summed E-state index contributed by atoms with van der Waals surface area (Å²) in [5.41, 5.74) is -0.861. The third-order valence-electron chi connectivity index (χ3n) is 1.68. The van der Waals surface area contributed by atoms with Crippen molar-refractivity contribution in [3.8, 4) is 0 Å². The van der Waals surface area contributed by atoms with Crippen LogP contribution in [0.3, 0.4) is 0 Å². The molecule has 0 bridgehead atoms. The van der Waals surface area contributed by atoms with E-state index < -0.39 is 13.1 Å². The van der Waals surface area contributed by atoms with Crippen molar-refractivity contribution in [2.75, 3.05) is 13.1 Å². The van der Waals surface area contributed by atoms with Crippen LogP contribution < -0.4 is 5.32 Å². The monoisotopic (exact) mass is 223 g/mol. The molecule has 0 saturated carbocycles. The maximum Gasteiger partial charge on any atom is 0.390 e. The highest BCUT2D eigenvalue weighted by molar-refractivity contribution is 7.56. The summed E-state index contributed by atoms with van der Waals surface area (Å²) in [5.74, 6) is 0. The molecule has 0 aromatic rings. The first-order valence-electron chi connectivity index (χ1n) is 4.64. The highest BCUT2D eigenvalue weighted by Gasteiger charge is 2.18. The zero-order valence-corrected chi connectivity index (χ0v) is 9.20. The number of aliphatic hydroxyl groups excluding tert-OH is 1. The number of aliphatic hydroxyl groups is 1. The summed E-state index contributed by atoms with van der Waals surface area (Å²) in [6.07, 6.45) is 4.39. The van der Waals surface area contributed by atoms with Crippen LogP contribution in [0.15, 0.2) is 11.6 Å². The number of rotatable bonds is 7. The fraction of sp³-hybridized carbons (Fsp3) is 0.750. The lowest BCUT2D eigenvalue weighted by Gasteiger charge is -2.03. The summed E-state index contributed by atoms with van der Waals surface area (Å²) in [6.45, 7) is 3.17. The lowest BCUT2D eigenvalue weighted by Crippen LogP contribution is -2.15. The molecule has 84 valence electrons. The van der Waals surface area contributed by atoms with Crippen molar-refractivity contribution in [2.24, 2.45) is 0 Å². The minimum atomic E-state index is -4.44. The van der Waals surface area contributed by atoms with Crippen LogP contribution in [-0.2, 0) is 4.57 Å². The van der Waals surface area contributed by atoms with E-state index in [0.29, 0.717) is 0 Å². The molecular formula is C8H18NO4P. The number of hydrogen-bond donors (Lipinski definition) is 4. The smallest absolute Gasteiger partial charge is 0.390 e. The molecule has 0 heterocycles. The zero-order chi connectivity index (χ0) is 11.0. The SMILES string of the molecule is CCCCCNCC=C(O)P(=O)(O)O. The van der Waals surface area contributed by atoms with E-state index in [-0.39, 0.29) is 6.54 Å². The maximum atomic E-state index is 10.4. The van der Waals surface area contributed by atoms with Crippen LogP contribution in [0.1, 0.15) is 26.2 Å². The van der Waals surface area contributed by atoms with Gasteiger partial charge in [-0.25, -0.2) is 0 Å². The first-order valence-corrected chi connectivity index (χ1v) is 6.25. The molecule has 0 aromatic carbocycles. The lowest BCUT2D eigenvalue weighted by atomic mass is 10.2. The first kappa shape index (κ1) is 13.7. The summed E-state index contributed by atoms with van der Waals surface area (Å²) < 4.78 is 10.4. The Labute approximate surface area is 84.0 Å². The average molecular weight is 223 g/mol. The van der Waals surface area contributed by atoms with Crippen molar-refractivity contribution in [3.63, 3.8) is 0 Å². The highest BCUT2D eigenvalue weighted by atomic mass is 31.2. The summed E-state index contributed by atoms with van der Waals surface area (Å²) >= 11 is 0. The zero-order valence-electron chi connectivity index (χ0n) is 8.31. The Kier molecular flexibility index (Phi) is 6.83. The minimum Gasteiger partial charge on any atom is -0.501 e. The highest BCUT2D eigenvalue weighted by Crippen LogP contribution is 2.42. The van der Waals surface area contributed by atoms with Gasteiger partial charge >= 0.3 is 7.60 Å². The Morgan fingerprint density at radius 1 is 1.43 bits per heavy atom. The van der Waals surface area contributed by atoms with E-state index in [9.17, 15) is 4.57 Å². The lowest BCUT2D eigenvalue weighted by molar-refractivity contribution is 0.336. The van der Waals surface area contributed by atoms with Gasteiger partial charge in [-0.15, -0.1) is 0 Å². The molecule has 0 aliphatic rings. The summed E-state index contributed by atoms with van der Waals surface area (Å²) in [5, 5.41) is 11.8. The van der Waals surface area contributed by atoms with E-state index in [4.69, 9.17) is 14.9 Å². The molecule has 0 spiro atoms. The van der Waals surface area contributed by atoms with Crippen molar-refractivity contribution in [2.45, 2.75) is 26.2 Å². The van der Waals surface area contributed by atoms with Gasteiger partial charge in [-0.3, -0.25) is 4.57 Å². The van der Waals surface area contributed by atoms with Crippen LogP contribution in [0.4, 0.5) is 0 Å². The van der Waals surface area contributed by atoms with Gasteiger partial charge in [-0.05, 0) is 19.0 Å². The second kappa shape index (κ2) is 7.01. The van der Waals surface area contributed by atoms with Crippen molar-refractivity contribution in [1.29, 1.82) is 0 Å².